The monoisotopic (exact) mass is 438 g/mol. The van der Waals surface area contributed by atoms with Gasteiger partial charge in [0.15, 0.2) is 5.96 Å². The van der Waals surface area contributed by atoms with E-state index in [4.69, 9.17) is 5.73 Å². The van der Waals surface area contributed by atoms with Crippen molar-refractivity contribution in [3.63, 3.8) is 0 Å². The van der Waals surface area contributed by atoms with Gasteiger partial charge in [-0.05, 0) is 48.7 Å². The molecule has 0 atom stereocenters. The third kappa shape index (κ3) is 6.99. The highest BCUT2D eigenvalue weighted by Crippen LogP contribution is 2.11. The van der Waals surface area contributed by atoms with E-state index in [0.29, 0.717) is 12.5 Å². The molecule has 0 fully saturated rings. The third-order valence-corrected chi connectivity index (χ3v) is 3.25. The number of aryl methyl sites for hydroxylation is 1. The lowest BCUT2D eigenvalue weighted by Crippen LogP contribution is -2.23. The average Bonchev–Trinajstić information content (AvgIpc) is 2.48. The maximum Gasteiger partial charge on any atom is 0.221 e. The van der Waals surface area contributed by atoms with Gasteiger partial charge in [-0.3, -0.25) is 9.79 Å². The summed E-state index contributed by atoms with van der Waals surface area (Å²) in [7, 11) is 0. The molecule has 0 spiro atoms. The molecule has 0 aliphatic heterocycles. The summed E-state index contributed by atoms with van der Waals surface area (Å²) >= 11 is 0. The maximum atomic E-state index is 11.0. The lowest BCUT2D eigenvalue weighted by atomic mass is 10.1. The zero-order valence-electron chi connectivity index (χ0n) is 13.9. The van der Waals surface area contributed by atoms with Gasteiger partial charge in [0, 0.05) is 24.8 Å². The minimum absolute atomic E-state index is 0. The number of carbonyl (C=O) groups is 1. The number of anilines is 2. The summed E-state index contributed by atoms with van der Waals surface area (Å²) in [4.78, 5) is 15.3. The minimum Gasteiger partial charge on any atom is -0.370 e. The average molecular weight is 438 g/mol. The molecular formula is C18H23IN4O. The van der Waals surface area contributed by atoms with E-state index in [2.05, 4.69) is 15.6 Å². The zero-order valence-corrected chi connectivity index (χ0v) is 16.2. The molecule has 0 heterocycles. The third-order valence-electron chi connectivity index (χ3n) is 3.25. The van der Waals surface area contributed by atoms with Gasteiger partial charge in [-0.1, -0.05) is 24.3 Å². The predicted octanol–water partition coefficient (Wildman–Crippen LogP) is 3.54. The predicted molar refractivity (Wildman–Crippen MR) is 111 cm³/mol. The van der Waals surface area contributed by atoms with Gasteiger partial charge in [0.1, 0.15) is 0 Å². The van der Waals surface area contributed by atoms with E-state index >= 15 is 0 Å². The lowest BCUT2D eigenvalue weighted by Gasteiger charge is -2.07. The highest BCUT2D eigenvalue weighted by molar-refractivity contribution is 14.0. The van der Waals surface area contributed by atoms with Crippen LogP contribution in [0.5, 0.6) is 0 Å². The maximum absolute atomic E-state index is 11.0. The van der Waals surface area contributed by atoms with Crippen LogP contribution >= 0.6 is 24.0 Å². The Balaban J connectivity index is 0.00000288. The van der Waals surface area contributed by atoms with Gasteiger partial charge in [0.2, 0.25) is 5.91 Å². The van der Waals surface area contributed by atoms with Crippen molar-refractivity contribution < 1.29 is 4.79 Å². The van der Waals surface area contributed by atoms with Crippen molar-refractivity contribution in [3.8, 4) is 0 Å². The molecule has 0 aliphatic rings. The van der Waals surface area contributed by atoms with Crippen LogP contribution in [0.3, 0.4) is 0 Å². The van der Waals surface area contributed by atoms with Gasteiger partial charge in [-0.2, -0.15) is 0 Å². The second-order valence-electron chi connectivity index (χ2n) is 5.39. The Hall–Kier alpha value is -2.09. The Morgan fingerprint density at radius 2 is 1.79 bits per heavy atom. The van der Waals surface area contributed by atoms with Crippen LogP contribution in [0.1, 0.15) is 18.1 Å². The van der Waals surface area contributed by atoms with Crippen molar-refractivity contribution in [3.05, 3.63) is 59.7 Å². The number of nitrogens with two attached hydrogens (primary N) is 1. The summed E-state index contributed by atoms with van der Waals surface area (Å²) in [5, 5.41) is 5.82. The van der Waals surface area contributed by atoms with E-state index in [1.807, 2.05) is 55.5 Å². The first-order valence-electron chi connectivity index (χ1n) is 7.53. The molecule has 4 N–H and O–H groups in total. The van der Waals surface area contributed by atoms with E-state index in [0.717, 1.165) is 23.4 Å². The van der Waals surface area contributed by atoms with Gasteiger partial charge in [0.25, 0.3) is 0 Å². The van der Waals surface area contributed by atoms with Crippen molar-refractivity contribution >= 4 is 47.2 Å². The van der Waals surface area contributed by atoms with Crippen LogP contribution in [-0.4, -0.2) is 18.4 Å². The van der Waals surface area contributed by atoms with Gasteiger partial charge >= 0.3 is 0 Å². The molecule has 2 aromatic carbocycles. The Bertz CT molecular complexity index is 698. The number of carbonyl (C=O) groups excluding carboxylic acids is 1. The number of hydrogen-bond donors (Lipinski definition) is 3. The first kappa shape index (κ1) is 20.0. The molecule has 0 saturated carbocycles. The van der Waals surface area contributed by atoms with Gasteiger partial charge in [-0.25, -0.2) is 0 Å². The van der Waals surface area contributed by atoms with Crippen LogP contribution in [-0.2, 0) is 11.2 Å². The molecule has 6 heteroatoms. The van der Waals surface area contributed by atoms with Gasteiger partial charge in [-0.15, -0.1) is 24.0 Å². The van der Waals surface area contributed by atoms with Crippen LogP contribution in [0.15, 0.2) is 53.5 Å². The second kappa shape index (κ2) is 9.92. The summed E-state index contributed by atoms with van der Waals surface area (Å²) in [5.74, 6) is 0.336. The molecule has 0 bridgehead atoms. The van der Waals surface area contributed by atoms with Crippen molar-refractivity contribution in [2.75, 3.05) is 17.2 Å². The molecule has 0 radical (unpaired) electrons. The molecule has 0 unspecified atom stereocenters. The van der Waals surface area contributed by atoms with E-state index in [1.165, 1.54) is 12.5 Å². The standard InChI is InChI=1S/C18H22N4O.HI/c1-13-4-3-5-17(12-13)22-18(19)20-11-10-15-6-8-16(9-7-15)21-14(2)23;/h3-9,12H,10-11H2,1-2H3,(H,21,23)(H3,19,20,22);1H. The number of amides is 1. The van der Waals surface area contributed by atoms with Crippen molar-refractivity contribution in [1.29, 1.82) is 0 Å². The number of hydrogen-bond acceptors (Lipinski definition) is 2. The highest BCUT2D eigenvalue weighted by atomic mass is 127. The zero-order chi connectivity index (χ0) is 16.7. The number of halogens is 1. The van der Waals surface area contributed by atoms with E-state index < -0.39 is 0 Å². The summed E-state index contributed by atoms with van der Waals surface area (Å²) in [5.41, 5.74) is 9.94. The fourth-order valence-electron chi connectivity index (χ4n) is 2.17. The van der Waals surface area contributed by atoms with Crippen LogP contribution in [0.4, 0.5) is 11.4 Å². The van der Waals surface area contributed by atoms with Crippen molar-refractivity contribution in [2.45, 2.75) is 20.3 Å². The summed E-state index contributed by atoms with van der Waals surface area (Å²) in [6, 6.07) is 15.7. The van der Waals surface area contributed by atoms with E-state index in [9.17, 15) is 4.79 Å². The van der Waals surface area contributed by atoms with E-state index in [1.54, 1.807) is 0 Å². The first-order chi connectivity index (χ1) is 11.0. The molecule has 2 aromatic rings. The van der Waals surface area contributed by atoms with E-state index in [-0.39, 0.29) is 29.9 Å². The molecule has 0 aromatic heterocycles. The minimum atomic E-state index is -0.0719. The van der Waals surface area contributed by atoms with Gasteiger partial charge in [0.05, 0.1) is 0 Å². The fourth-order valence-corrected chi connectivity index (χ4v) is 2.17. The highest BCUT2D eigenvalue weighted by Gasteiger charge is 1.98. The Labute approximate surface area is 159 Å². The molecular weight excluding hydrogens is 415 g/mol. The van der Waals surface area contributed by atoms with Crippen molar-refractivity contribution in [1.82, 2.24) is 0 Å². The van der Waals surface area contributed by atoms with Crippen molar-refractivity contribution in [2.24, 2.45) is 10.7 Å². The van der Waals surface area contributed by atoms with Gasteiger partial charge < -0.3 is 16.4 Å². The SMILES string of the molecule is CC(=O)Nc1ccc(CCN=C(N)Nc2cccc(C)c2)cc1.I. The Morgan fingerprint density at radius 1 is 1.08 bits per heavy atom. The fraction of sp³-hybridized carbons (Fsp3) is 0.222. The van der Waals surface area contributed by atoms with Crippen LogP contribution < -0.4 is 16.4 Å². The molecule has 2 rings (SSSR count). The molecule has 5 nitrogen and oxygen atoms in total. The first-order valence-corrected chi connectivity index (χ1v) is 7.53. The van der Waals surface area contributed by atoms with Crippen LogP contribution in [0, 0.1) is 6.92 Å². The normalized spacial score (nSPS) is 10.7. The Morgan fingerprint density at radius 3 is 2.42 bits per heavy atom. The summed E-state index contributed by atoms with van der Waals surface area (Å²) in [6.07, 6.45) is 0.788. The molecule has 24 heavy (non-hydrogen) atoms. The summed E-state index contributed by atoms with van der Waals surface area (Å²) in [6.45, 7) is 4.12. The number of nitrogens with zero attached hydrogens (tertiary/aromatic N) is 1. The lowest BCUT2D eigenvalue weighted by molar-refractivity contribution is -0.114. The number of rotatable bonds is 5. The molecule has 0 aliphatic carbocycles. The second-order valence-corrected chi connectivity index (χ2v) is 5.39. The Kier molecular flexibility index (Phi) is 8.25. The quantitative estimate of drug-likeness (QED) is 0.380. The number of nitrogens with one attached hydrogen (secondary N) is 2. The van der Waals surface area contributed by atoms with Crippen LogP contribution in [0.25, 0.3) is 0 Å². The summed E-state index contributed by atoms with van der Waals surface area (Å²) < 4.78 is 0. The topological polar surface area (TPSA) is 79.5 Å². The number of guanidine groups is 1. The molecule has 128 valence electrons. The largest absolute Gasteiger partial charge is 0.370 e. The number of aliphatic imine (C=N–C) groups is 1. The van der Waals surface area contributed by atoms with Crippen LogP contribution in [0.2, 0.25) is 0 Å². The number of benzene rings is 2. The molecule has 0 saturated heterocycles. The smallest absolute Gasteiger partial charge is 0.221 e. The molecule has 1 amide bonds.